The Bertz CT molecular complexity index is 835. The highest BCUT2D eigenvalue weighted by molar-refractivity contribution is 6.01. The summed E-state index contributed by atoms with van der Waals surface area (Å²) in [5.74, 6) is -0.891. The van der Waals surface area contributed by atoms with Crippen molar-refractivity contribution in [1.29, 1.82) is 0 Å². The quantitative estimate of drug-likeness (QED) is 0.775. The summed E-state index contributed by atoms with van der Waals surface area (Å²) in [6.45, 7) is 4.82. The fourth-order valence-corrected chi connectivity index (χ4v) is 3.23. The number of ether oxygens (including phenoxy) is 1. The van der Waals surface area contributed by atoms with Gasteiger partial charge in [0.15, 0.2) is 0 Å². The normalized spacial score (nSPS) is 14.6. The summed E-state index contributed by atoms with van der Waals surface area (Å²) >= 11 is 0. The molecule has 148 valence electrons. The number of rotatable bonds is 6. The highest BCUT2D eigenvalue weighted by atomic mass is 19.1. The van der Waals surface area contributed by atoms with Crippen molar-refractivity contribution in [2.45, 2.75) is 6.92 Å². The zero-order valence-electron chi connectivity index (χ0n) is 15.9. The van der Waals surface area contributed by atoms with Gasteiger partial charge in [-0.1, -0.05) is 24.3 Å². The molecular weight excluding hydrogens is 361 g/mol. The molecule has 1 aliphatic rings. The lowest BCUT2D eigenvalue weighted by atomic mass is 10.1. The minimum Gasteiger partial charge on any atom is -0.462 e. The number of hydrogen-bond donors (Lipinski definition) is 1. The fourth-order valence-electron chi connectivity index (χ4n) is 3.23. The van der Waals surface area contributed by atoms with Gasteiger partial charge in [-0.15, -0.1) is 0 Å². The lowest BCUT2D eigenvalue weighted by Crippen LogP contribution is -2.49. The number of halogens is 1. The van der Waals surface area contributed by atoms with E-state index in [0.29, 0.717) is 43.1 Å². The van der Waals surface area contributed by atoms with E-state index in [-0.39, 0.29) is 24.9 Å². The van der Waals surface area contributed by atoms with Gasteiger partial charge in [0.25, 0.3) is 0 Å². The molecule has 3 rings (SSSR count). The average molecular weight is 385 g/mol. The van der Waals surface area contributed by atoms with Crippen LogP contribution in [0.5, 0.6) is 0 Å². The molecule has 28 heavy (non-hydrogen) atoms. The van der Waals surface area contributed by atoms with Crippen LogP contribution in [0.3, 0.4) is 0 Å². The number of benzene rings is 2. The van der Waals surface area contributed by atoms with E-state index in [0.717, 1.165) is 0 Å². The first-order valence-electron chi connectivity index (χ1n) is 9.36. The van der Waals surface area contributed by atoms with Gasteiger partial charge in [0.1, 0.15) is 5.82 Å². The summed E-state index contributed by atoms with van der Waals surface area (Å²) in [6.07, 6.45) is 0. The van der Waals surface area contributed by atoms with E-state index in [1.807, 2.05) is 15.9 Å². The van der Waals surface area contributed by atoms with Gasteiger partial charge in [-0.25, -0.2) is 9.18 Å². The molecule has 1 saturated heterocycles. The van der Waals surface area contributed by atoms with E-state index >= 15 is 0 Å². The Morgan fingerprint density at radius 1 is 1.04 bits per heavy atom. The Morgan fingerprint density at radius 2 is 1.71 bits per heavy atom. The van der Waals surface area contributed by atoms with Crippen LogP contribution in [0.4, 0.5) is 15.8 Å². The largest absolute Gasteiger partial charge is 0.462 e. The zero-order valence-corrected chi connectivity index (χ0v) is 15.9. The van der Waals surface area contributed by atoms with Gasteiger partial charge in [0, 0.05) is 26.2 Å². The van der Waals surface area contributed by atoms with Crippen molar-refractivity contribution >= 4 is 23.3 Å². The highest BCUT2D eigenvalue weighted by Gasteiger charge is 2.21. The first-order valence-corrected chi connectivity index (χ1v) is 9.36. The minimum absolute atomic E-state index is 0.198. The molecule has 0 spiro atoms. The summed E-state index contributed by atoms with van der Waals surface area (Å²) in [4.78, 5) is 28.5. The summed E-state index contributed by atoms with van der Waals surface area (Å²) in [7, 11) is 0. The van der Waals surface area contributed by atoms with Crippen molar-refractivity contribution < 1.29 is 18.7 Å². The maximum absolute atomic E-state index is 13.9. The first kappa shape index (κ1) is 19.8. The standard InChI is InChI=1S/C21H24FN3O3/c1-2-28-21(27)16-7-3-5-9-18(16)23-20(26)15-24-11-13-25(14-12-24)19-10-6-4-8-17(19)22/h3-10H,2,11-15H2,1H3,(H,23,26). The van der Waals surface area contributed by atoms with Crippen molar-refractivity contribution in [2.75, 3.05) is 49.5 Å². The number of nitrogens with zero attached hydrogens (tertiary/aromatic N) is 2. The lowest BCUT2D eigenvalue weighted by Gasteiger charge is -2.35. The summed E-state index contributed by atoms with van der Waals surface area (Å²) in [6, 6.07) is 13.5. The first-order chi connectivity index (χ1) is 13.6. The molecule has 1 fully saturated rings. The molecule has 0 radical (unpaired) electrons. The van der Waals surface area contributed by atoms with Gasteiger partial charge < -0.3 is 15.0 Å². The number of hydrogen-bond acceptors (Lipinski definition) is 5. The molecule has 0 bridgehead atoms. The smallest absolute Gasteiger partial charge is 0.340 e. The number of nitrogens with one attached hydrogen (secondary N) is 1. The van der Waals surface area contributed by atoms with Gasteiger partial charge in [0.2, 0.25) is 5.91 Å². The van der Waals surface area contributed by atoms with Crippen LogP contribution in [0.2, 0.25) is 0 Å². The lowest BCUT2D eigenvalue weighted by molar-refractivity contribution is -0.117. The minimum atomic E-state index is -0.461. The number of carbonyl (C=O) groups is 2. The number of anilines is 2. The molecule has 2 aromatic carbocycles. The molecule has 2 aromatic rings. The molecule has 7 heteroatoms. The summed E-state index contributed by atoms with van der Waals surface area (Å²) < 4.78 is 19.0. The Hall–Kier alpha value is -2.93. The Labute approximate surface area is 163 Å². The third kappa shape index (κ3) is 4.86. The van der Waals surface area contributed by atoms with Crippen LogP contribution in [0.15, 0.2) is 48.5 Å². The number of amides is 1. The number of piperazine rings is 1. The molecule has 0 unspecified atom stereocenters. The van der Waals surface area contributed by atoms with Crippen LogP contribution in [0, 0.1) is 5.82 Å². The van der Waals surface area contributed by atoms with Gasteiger partial charge >= 0.3 is 5.97 Å². The molecule has 1 N–H and O–H groups in total. The Kier molecular flexibility index (Phi) is 6.60. The van der Waals surface area contributed by atoms with Crippen LogP contribution >= 0.6 is 0 Å². The van der Waals surface area contributed by atoms with Gasteiger partial charge in [-0.3, -0.25) is 9.69 Å². The van der Waals surface area contributed by atoms with Crippen LogP contribution in [0.1, 0.15) is 17.3 Å². The number of esters is 1. The van der Waals surface area contributed by atoms with Crippen LogP contribution in [-0.4, -0.2) is 56.1 Å². The van der Waals surface area contributed by atoms with Crippen LogP contribution in [0.25, 0.3) is 0 Å². The van der Waals surface area contributed by atoms with E-state index in [1.54, 1.807) is 43.3 Å². The highest BCUT2D eigenvalue weighted by Crippen LogP contribution is 2.20. The van der Waals surface area contributed by atoms with Crippen molar-refractivity contribution in [3.63, 3.8) is 0 Å². The fraction of sp³-hybridized carbons (Fsp3) is 0.333. The molecular formula is C21H24FN3O3. The molecule has 0 aromatic heterocycles. The van der Waals surface area contributed by atoms with E-state index in [4.69, 9.17) is 4.74 Å². The third-order valence-electron chi connectivity index (χ3n) is 4.63. The third-order valence-corrected chi connectivity index (χ3v) is 4.63. The predicted molar refractivity (Wildman–Crippen MR) is 106 cm³/mol. The molecule has 1 amide bonds. The average Bonchev–Trinajstić information content (AvgIpc) is 2.69. The van der Waals surface area contributed by atoms with Crippen molar-refractivity contribution in [1.82, 2.24) is 4.90 Å². The van der Waals surface area contributed by atoms with E-state index in [1.165, 1.54) is 6.07 Å². The number of carbonyl (C=O) groups excluding carboxylic acids is 2. The van der Waals surface area contributed by atoms with Gasteiger partial charge in [0.05, 0.1) is 30.1 Å². The molecule has 0 aliphatic carbocycles. The Morgan fingerprint density at radius 3 is 2.43 bits per heavy atom. The molecule has 1 aliphatic heterocycles. The van der Waals surface area contributed by atoms with Gasteiger partial charge in [-0.2, -0.15) is 0 Å². The van der Waals surface area contributed by atoms with Crippen LogP contribution < -0.4 is 10.2 Å². The SMILES string of the molecule is CCOC(=O)c1ccccc1NC(=O)CN1CCN(c2ccccc2F)CC1. The maximum atomic E-state index is 13.9. The van der Waals surface area contributed by atoms with Crippen molar-refractivity contribution in [3.8, 4) is 0 Å². The molecule has 0 atom stereocenters. The predicted octanol–water partition coefficient (Wildman–Crippen LogP) is 2.76. The summed E-state index contributed by atoms with van der Waals surface area (Å²) in [5, 5.41) is 2.79. The monoisotopic (exact) mass is 385 g/mol. The van der Waals surface area contributed by atoms with Gasteiger partial charge in [-0.05, 0) is 31.2 Å². The molecule has 6 nitrogen and oxygen atoms in total. The van der Waals surface area contributed by atoms with Crippen molar-refractivity contribution in [2.24, 2.45) is 0 Å². The number of para-hydroxylation sites is 2. The Balaban J connectivity index is 1.54. The second kappa shape index (κ2) is 9.32. The zero-order chi connectivity index (χ0) is 19.9. The molecule has 0 saturated carbocycles. The molecule has 1 heterocycles. The van der Waals surface area contributed by atoms with E-state index in [2.05, 4.69) is 5.32 Å². The second-order valence-corrected chi connectivity index (χ2v) is 6.53. The van der Waals surface area contributed by atoms with Crippen molar-refractivity contribution in [3.05, 3.63) is 59.9 Å². The van der Waals surface area contributed by atoms with E-state index in [9.17, 15) is 14.0 Å². The van der Waals surface area contributed by atoms with Crippen LogP contribution in [-0.2, 0) is 9.53 Å². The van der Waals surface area contributed by atoms with E-state index < -0.39 is 5.97 Å². The summed E-state index contributed by atoms with van der Waals surface area (Å²) in [5.41, 5.74) is 1.37. The maximum Gasteiger partial charge on any atom is 0.340 e. The topological polar surface area (TPSA) is 61.9 Å². The second-order valence-electron chi connectivity index (χ2n) is 6.53.